The molecule has 0 bridgehead atoms. The van der Waals surface area contributed by atoms with E-state index in [-0.39, 0.29) is 12.1 Å². The van der Waals surface area contributed by atoms with Crippen LogP contribution in [-0.2, 0) is 16.0 Å². The van der Waals surface area contributed by atoms with Gasteiger partial charge in [-0.15, -0.1) is 0 Å². The molecule has 0 spiro atoms. The van der Waals surface area contributed by atoms with Gasteiger partial charge in [-0.2, -0.15) is 0 Å². The van der Waals surface area contributed by atoms with Crippen LogP contribution in [0.4, 0.5) is 0 Å². The van der Waals surface area contributed by atoms with Gasteiger partial charge in [-0.3, -0.25) is 4.79 Å². The third kappa shape index (κ3) is 3.63. The first kappa shape index (κ1) is 15.4. The van der Waals surface area contributed by atoms with Crippen molar-refractivity contribution in [2.75, 3.05) is 0 Å². The molecule has 0 aromatic heterocycles. The third-order valence-electron chi connectivity index (χ3n) is 3.91. The zero-order valence-electron chi connectivity index (χ0n) is 13.5. The zero-order chi connectivity index (χ0) is 16.2. The first-order valence-corrected chi connectivity index (χ1v) is 8.02. The molecule has 23 heavy (non-hydrogen) atoms. The fourth-order valence-electron chi connectivity index (χ4n) is 2.80. The highest BCUT2D eigenvalue weighted by Crippen LogP contribution is 2.29. The molecule has 2 heteroatoms. The lowest BCUT2D eigenvalue weighted by atomic mass is 9.92. The van der Waals surface area contributed by atoms with Gasteiger partial charge in [-0.1, -0.05) is 62.1 Å². The summed E-state index contributed by atoms with van der Waals surface area (Å²) in [6.07, 6.45) is 0.811. The number of carbonyl (C=O) groups is 1. The van der Waals surface area contributed by atoms with Gasteiger partial charge >= 0.3 is 5.97 Å². The minimum Gasteiger partial charge on any atom is -0.457 e. The number of ether oxygens (including phenoxy) is 1. The Morgan fingerprint density at radius 1 is 1.09 bits per heavy atom. The van der Waals surface area contributed by atoms with Crippen LogP contribution < -0.4 is 0 Å². The molecule has 116 valence electrons. The van der Waals surface area contributed by atoms with Crippen LogP contribution >= 0.6 is 0 Å². The van der Waals surface area contributed by atoms with Crippen LogP contribution in [-0.4, -0.2) is 5.97 Å². The van der Waals surface area contributed by atoms with Crippen molar-refractivity contribution in [3.8, 4) is 11.8 Å². The SMILES string of the molecule is CC(C)CC(=O)OC1Cc2ccccc2C#Cc2ccccc21. The van der Waals surface area contributed by atoms with Gasteiger partial charge in [0.1, 0.15) is 6.10 Å². The summed E-state index contributed by atoms with van der Waals surface area (Å²) in [6, 6.07) is 16.0. The number of hydrogen-bond acceptors (Lipinski definition) is 2. The number of carbonyl (C=O) groups excluding carboxylic acids is 1. The first-order chi connectivity index (χ1) is 11.1. The highest BCUT2D eigenvalue weighted by Gasteiger charge is 2.22. The molecule has 2 nitrogen and oxygen atoms in total. The van der Waals surface area contributed by atoms with E-state index in [0.717, 1.165) is 22.3 Å². The molecule has 0 amide bonds. The smallest absolute Gasteiger partial charge is 0.306 e. The Morgan fingerprint density at radius 2 is 1.74 bits per heavy atom. The second-order valence-electron chi connectivity index (χ2n) is 6.27. The third-order valence-corrected chi connectivity index (χ3v) is 3.91. The molecule has 0 heterocycles. The summed E-state index contributed by atoms with van der Waals surface area (Å²) < 4.78 is 5.81. The van der Waals surface area contributed by atoms with Crippen LogP contribution in [0.3, 0.4) is 0 Å². The Bertz CT molecular complexity index is 778. The van der Waals surface area contributed by atoms with Crippen molar-refractivity contribution in [2.45, 2.75) is 32.8 Å². The van der Waals surface area contributed by atoms with Crippen molar-refractivity contribution in [1.29, 1.82) is 0 Å². The maximum atomic E-state index is 12.2. The van der Waals surface area contributed by atoms with Gasteiger partial charge in [0.05, 0.1) is 0 Å². The normalized spacial score (nSPS) is 15.5. The Balaban J connectivity index is 1.99. The van der Waals surface area contributed by atoms with Gasteiger partial charge in [-0.05, 0) is 23.6 Å². The van der Waals surface area contributed by atoms with E-state index >= 15 is 0 Å². The summed E-state index contributed by atoms with van der Waals surface area (Å²) in [6.45, 7) is 4.04. The fourth-order valence-corrected chi connectivity index (χ4v) is 2.80. The average molecular weight is 304 g/mol. The van der Waals surface area contributed by atoms with Crippen molar-refractivity contribution >= 4 is 5.97 Å². The summed E-state index contributed by atoms with van der Waals surface area (Å²) in [5.41, 5.74) is 4.06. The zero-order valence-corrected chi connectivity index (χ0v) is 13.5. The van der Waals surface area contributed by atoms with E-state index in [1.807, 2.05) is 56.3 Å². The lowest BCUT2D eigenvalue weighted by molar-refractivity contribution is -0.150. The summed E-state index contributed by atoms with van der Waals surface area (Å²) in [5.74, 6) is 6.60. The molecule has 1 atom stereocenters. The van der Waals surface area contributed by atoms with Crippen molar-refractivity contribution in [2.24, 2.45) is 5.92 Å². The van der Waals surface area contributed by atoms with Gasteiger partial charge in [0.25, 0.3) is 0 Å². The quantitative estimate of drug-likeness (QED) is 0.625. The fraction of sp³-hybridized carbons (Fsp3) is 0.286. The van der Waals surface area contributed by atoms with Gasteiger partial charge < -0.3 is 4.74 Å². The van der Waals surface area contributed by atoms with Gasteiger partial charge in [0.2, 0.25) is 0 Å². The number of benzene rings is 2. The summed E-state index contributed by atoms with van der Waals surface area (Å²) in [7, 11) is 0. The van der Waals surface area contributed by atoms with E-state index in [2.05, 4.69) is 17.9 Å². The van der Waals surface area contributed by atoms with Crippen molar-refractivity contribution in [3.05, 3.63) is 70.8 Å². The molecule has 0 aliphatic heterocycles. The molecule has 2 aromatic carbocycles. The number of hydrogen-bond donors (Lipinski definition) is 0. The molecule has 1 aliphatic rings. The minimum absolute atomic E-state index is 0.147. The molecule has 0 saturated carbocycles. The van der Waals surface area contributed by atoms with Gasteiger partial charge in [0, 0.05) is 29.5 Å². The molecule has 0 fully saturated rings. The van der Waals surface area contributed by atoms with E-state index in [1.165, 1.54) is 0 Å². The Labute approximate surface area is 137 Å². The monoisotopic (exact) mass is 304 g/mol. The van der Waals surface area contributed by atoms with E-state index in [0.29, 0.717) is 18.8 Å². The van der Waals surface area contributed by atoms with E-state index in [1.54, 1.807) is 0 Å². The van der Waals surface area contributed by atoms with E-state index < -0.39 is 0 Å². The predicted molar refractivity (Wildman–Crippen MR) is 90.9 cm³/mol. The molecule has 1 aliphatic carbocycles. The van der Waals surface area contributed by atoms with Crippen LogP contribution in [0, 0.1) is 17.8 Å². The summed E-state index contributed by atoms with van der Waals surface area (Å²) in [4.78, 5) is 12.2. The van der Waals surface area contributed by atoms with Gasteiger partial charge in [0.15, 0.2) is 0 Å². The lowest BCUT2D eigenvalue weighted by Gasteiger charge is -2.22. The lowest BCUT2D eigenvalue weighted by Crippen LogP contribution is -2.17. The Hall–Kier alpha value is -2.53. The van der Waals surface area contributed by atoms with Crippen molar-refractivity contribution in [1.82, 2.24) is 0 Å². The van der Waals surface area contributed by atoms with Crippen LogP contribution in [0.1, 0.15) is 48.6 Å². The molecule has 0 N–H and O–H groups in total. The molecular weight excluding hydrogens is 284 g/mol. The highest BCUT2D eigenvalue weighted by molar-refractivity contribution is 5.70. The number of fused-ring (bicyclic) bond motifs is 2. The Kier molecular flexibility index (Phi) is 4.48. The predicted octanol–water partition coefficient (Wildman–Crippen LogP) is 4.27. The first-order valence-electron chi connectivity index (χ1n) is 8.02. The van der Waals surface area contributed by atoms with Crippen molar-refractivity contribution in [3.63, 3.8) is 0 Å². The van der Waals surface area contributed by atoms with Gasteiger partial charge in [-0.25, -0.2) is 0 Å². The summed E-state index contributed by atoms with van der Waals surface area (Å²) in [5, 5.41) is 0. The van der Waals surface area contributed by atoms with E-state index in [4.69, 9.17) is 4.74 Å². The molecule has 2 aromatic rings. The maximum Gasteiger partial charge on any atom is 0.306 e. The second-order valence-corrected chi connectivity index (χ2v) is 6.27. The maximum absolute atomic E-state index is 12.2. The highest BCUT2D eigenvalue weighted by atomic mass is 16.5. The second kappa shape index (κ2) is 6.71. The molecule has 1 unspecified atom stereocenters. The minimum atomic E-state index is -0.284. The molecular formula is C21H20O2. The van der Waals surface area contributed by atoms with Crippen LogP contribution in [0.5, 0.6) is 0 Å². The van der Waals surface area contributed by atoms with Crippen LogP contribution in [0.2, 0.25) is 0 Å². The largest absolute Gasteiger partial charge is 0.457 e. The topological polar surface area (TPSA) is 26.3 Å². The molecule has 3 rings (SSSR count). The summed E-state index contributed by atoms with van der Waals surface area (Å²) >= 11 is 0. The average Bonchev–Trinajstić information content (AvgIpc) is 2.51. The number of rotatable bonds is 3. The van der Waals surface area contributed by atoms with Crippen molar-refractivity contribution < 1.29 is 9.53 Å². The molecule has 0 saturated heterocycles. The van der Waals surface area contributed by atoms with Crippen LogP contribution in [0.25, 0.3) is 0 Å². The van der Waals surface area contributed by atoms with Crippen LogP contribution in [0.15, 0.2) is 48.5 Å². The standard InChI is InChI=1S/C21H20O2/c1-15(2)13-21(22)23-20-14-18-9-4-3-7-16(18)11-12-17-8-5-6-10-19(17)20/h3-10,15,20H,13-14H2,1-2H3. The Morgan fingerprint density at radius 3 is 2.52 bits per heavy atom. The molecule has 0 radical (unpaired) electrons. The van der Waals surface area contributed by atoms with E-state index in [9.17, 15) is 4.79 Å². The number of esters is 1.